The van der Waals surface area contributed by atoms with Crippen molar-refractivity contribution in [3.8, 4) is 0 Å². The summed E-state index contributed by atoms with van der Waals surface area (Å²) in [5.74, 6) is -0.132. The number of nitrogens with zero attached hydrogens (tertiary/aromatic N) is 1. The van der Waals surface area contributed by atoms with Crippen LogP contribution in [0.1, 0.15) is 18.4 Å². The first-order chi connectivity index (χ1) is 9.39. The van der Waals surface area contributed by atoms with Crippen molar-refractivity contribution in [2.75, 3.05) is 20.6 Å². The summed E-state index contributed by atoms with van der Waals surface area (Å²) in [7, 11) is -0.554. The van der Waals surface area contributed by atoms with Crippen LogP contribution < -0.4 is 11.1 Å². The molecule has 112 valence electrons. The number of hydrogen-bond donors (Lipinski definition) is 2. The van der Waals surface area contributed by atoms with Gasteiger partial charge in [-0.25, -0.2) is 12.7 Å². The summed E-state index contributed by atoms with van der Waals surface area (Å²) in [6, 6.07) is 6.64. The van der Waals surface area contributed by atoms with E-state index in [1.807, 2.05) is 0 Å². The molecule has 0 bridgehead atoms. The highest BCUT2D eigenvalue weighted by Crippen LogP contribution is 2.18. The van der Waals surface area contributed by atoms with Crippen molar-refractivity contribution < 1.29 is 13.2 Å². The summed E-state index contributed by atoms with van der Waals surface area (Å²) in [5.41, 5.74) is 5.91. The zero-order valence-corrected chi connectivity index (χ0v) is 12.6. The van der Waals surface area contributed by atoms with Gasteiger partial charge in [0, 0.05) is 27.1 Å². The molecule has 0 saturated heterocycles. The number of nitrogens with two attached hydrogens (primary N) is 1. The molecule has 0 aromatic heterocycles. The van der Waals surface area contributed by atoms with Gasteiger partial charge in [0.1, 0.15) is 0 Å². The fourth-order valence-corrected chi connectivity index (χ4v) is 2.76. The minimum atomic E-state index is -3.51. The van der Waals surface area contributed by atoms with Gasteiger partial charge in [-0.3, -0.25) is 4.79 Å². The molecule has 3 N–H and O–H groups in total. The lowest BCUT2D eigenvalue weighted by Gasteiger charge is -2.15. The fourth-order valence-electron chi connectivity index (χ4n) is 1.64. The Labute approximate surface area is 120 Å². The zero-order chi connectivity index (χ0) is 15.2. The monoisotopic (exact) mass is 299 g/mol. The van der Waals surface area contributed by atoms with Crippen LogP contribution in [-0.2, 0) is 21.4 Å². The van der Waals surface area contributed by atoms with Crippen LogP contribution in [0.4, 0.5) is 0 Å². The molecule has 0 radical (unpaired) electrons. The van der Waals surface area contributed by atoms with Crippen LogP contribution >= 0.6 is 0 Å². The molecule has 20 heavy (non-hydrogen) atoms. The minimum Gasteiger partial charge on any atom is -0.352 e. The molecule has 7 heteroatoms. The Hall–Kier alpha value is -1.44. The van der Waals surface area contributed by atoms with Crippen molar-refractivity contribution in [2.45, 2.75) is 24.3 Å². The lowest BCUT2D eigenvalue weighted by atomic mass is 10.2. The number of carbonyl (C=O) groups excluding carboxylic acids is 1. The third kappa shape index (κ3) is 4.29. The molecule has 1 rings (SSSR count). The summed E-state index contributed by atoms with van der Waals surface area (Å²) in [6.07, 6.45) is 0.961. The lowest BCUT2D eigenvalue weighted by Crippen LogP contribution is -2.27. The van der Waals surface area contributed by atoms with Gasteiger partial charge in [-0.05, 0) is 24.6 Å². The van der Waals surface area contributed by atoms with E-state index in [1.54, 1.807) is 18.2 Å². The van der Waals surface area contributed by atoms with E-state index in [0.29, 0.717) is 24.9 Å². The van der Waals surface area contributed by atoms with Gasteiger partial charge in [0.25, 0.3) is 0 Å². The Kier molecular flexibility index (Phi) is 6.12. The summed E-state index contributed by atoms with van der Waals surface area (Å²) in [5, 5.41) is 2.71. The normalized spacial score (nSPS) is 11.6. The van der Waals surface area contributed by atoms with Gasteiger partial charge >= 0.3 is 0 Å². The standard InChI is InChI=1S/C13H21N3O3S/c1-16(2)20(18,19)12-7-4-3-6-11(12)10-15-13(17)8-5-9-14/h3-4,6-7H,5,8-10,14H2,1-2H3,(H,15,17). The first-order valence-electron chi connectivity index (χ1n) is 6.36. The molecule has 0 aliphatic rings. The Morgan fingerprint density at radius 3 is 2.55 bits per heavy atom. The van der Waals surface area contributed by atoms with Gasteiger partial charge in [-0.2, -0.15) is 0 Å². The van der Waals surface area contributed by atoms with E-state index in [1.165, 1.54) is 20.2 Å². The average Bonchev–Trinajstić information content (AvgIpc) is 2.42. The molecule has 0 atom stereocenters. The SMILES string of the molecule is CN(C)S(=O)(=O)c1ccccc1CNC(=O)CCCN. The molecule has 1 amide bonds. The Balaban J connectivity index is 2.85. The highest BCUT2D eigenvalue weighted by atomic mass is 32.2. The smallest absolute Gasteiger partial charge is 0.242 e. The Morgan fingerprint density at radius 1 is 1.30 bits per heavy atom. The maximum atomic E-state index is 12.2. The second-order valence-electron chi connectivity index (χ2n) is 4.56. The Bertz CT molecular complexity index is 556. The first-order valence-corrected chi connectivity index (χ1v) is 7.80. The second kappa shape index (κ2) is 7.37. The van der Waals surface area contributed by atoms with E-state index < -0.39 is 10.0 Å². The molecule has 0 aliphatic heterocycles. The predicted octanol–water partition coefficient (Wildman–Crippen LogP) is 0.292. The average molecular weight is 299 g/mol. The minimum absolute atomic E-state index is 0.132. The van der Waals surface area contributed by atoms with Crippen LogP contribution in [0.15, 0.2) is 29.2 Å². The van der Waals surface area contributed by atoms with Crippen molar-refractivity contribution in [3.63, 3.8) is 0 Å². The van der Waals surface area contributed by atoms with Crippen LogP contribution in [0.25, 0.3) is 0 Å². The third-order valence-corrected chi connectivity index (χ3v) is 4.73. The maximum absolute atomic E-state index is 12.2. The molecule has 0 heterocycles. The molecule has 0 spiro atoms. The van der Waals surface area contributed by atoms with Gasteiger partial charge in [0.2, 0.25) is 15.9 Å². The molecule has 6 nitrogen and oxygen atoms in total. The van der Waals surface area contributed by atoms with Crippen LogP contribution in [0.3, 0.4) is 0 Å². The summed E-state index contributed by atoms with van der Waals surface area (Å²) in [6.45, 7) is 0.645. The molecular weight excluding hydrogens is 278 g/mol. The predicted molar refractivity (Wildman–Crippen MR) is 77.4 cm³/mol. The molecular formula is C13H21N3O3S. The van der Waals surface area contributed by atoms with Gasteiger partial charge < -0.3 is 11.1 Å². The lowest BCUT2D eigenvalue weighted by molar-refractivity contribution is -0.121. The van der Waals surface area contributed by atoms with E-state index in [2.05, 4.69) is 5.32 Å². The number of rotatable bonds is 7. The van der Waals surface area contributed by atoms with Crippen molar-refractivity contribution in [1.82, 2.24) is 9.62 Å². The van der Waals surface area contributed by atoms with Crippen molar-refractivity contribution in [2.24, 2.45) is 5.73 Å². The van der Waals surface area contributed by atoms with E-state index >= 15 is 0 Å². The van der Waals surface area contributed by atoms with Crippen LogP contribution in [-0.4, -0.2) is 39.3 Å². The Morgan fingerprint density at radius 2 is 1.95 bits per heavy atom. The fraction of sp³-hybridized carbons (Fsp3) is 0.462. The maximum Gasteiger partial charge on any atom is 0.242 e. The number of carbonyl (C=O) groups is 1. The molecule has 0 unspecified atom stereocenters. The quantitative estimate of drug-likeness (QED) is 0.757. The van der Waals surface area contributed by atoms with Gasteiger partial charge in [0.05, 0.1) is 4.90 Å². The number of benzene rings is 1. The molecule has 1 aromatic carbocycles. The molecule has 0 saturated carbocycles. The van der Waals surface area contributed by atoms with E-state index in [4.69, 9.17) is 5.73 Å². The van der Waals surface area contributed by atoms with Gasteiger partial charge in [0.15, 0.2) is 0 Å². The summed E-state index contributed by atoms with van der Waals surface area (Å²) in [4.78, 5) is 11.8. The van der Waals surface area contributed by atoms with Gasteiger partial charge in [-0.1, -0.05) is 18.2 Å². The van der Waals surface area contributed by atoms with Crippen LogP contribution in [0, 0.1) is 0 Å². The van der Waals surface area contributed by atoms with Crippen LogP contribution in [0.5, 0.6) is 0 Å². The molecule has 0 aliphatic carbocycles. The number of amides is 1. The van der Waals surface area contributed by atoms with E-state index in [-0.39, 0.29) is 17.3 Å². The molecule has 0 fully saturated rings. The van der Waals surface area contributed by atoms with Crippen molar-refractivity contribution in [1.29, 1.82) is 0 Å². The zero-order valence-electron chi connectivity index (χ0n) is 11.8. The third-order valence-electron chi connectivity index (χ3n) is 2.82. The van der Waals surface area contributed by atoms with E-state index in [9.17, 15) is 13.2 Å². The topological polar surface area (TPSA) is 92.5 Å². The van der Waals surface area contributed by atoms with E-state index in [0.717, 1.165) is 4.31 Å². The summed E-state index contributed by atoms with van der Waals surface area (Å²) < 4.78 is 25.5. The van der Waals surface area contributed by atoms with Gasteiger partial charge in [-0.15, -0.1) is 0 Å². The van der Waals surface area contributed by atoms with Crippen molar-refractivity contribution >= 4 is 15.9 Å². The number of hydrogen-bond acceptors (Lipinski definition) is 4. The summed E-state index contributed by atoms with van der Waals surface area (Å²) >= 11 is 0. The first kappa shape index (κ1) is 16.6. The number of sulfonamides is 1. The van der Waals surface area contributed by atoms with Crippen molar-refractivity contribution in [3.05, 3.63) is 29.8 Å². The molecule has 1 aromatic rings. The second-order valence-corrected chi connectivity index (χ2v) is 6.68. The van der Waals surface area contributed by atoms with Crippen LogP contribution in [0.2, 0.25) is 0 Å². The highest BCUT2D eigenvalue weighted by Gasteiger charge is 2.20. The highest BCUT2D eigenvalue weighted by molar-refractivity contribution is 7.89. The number of nitrogens with one attached hydrogen (secondary N) is 1. The largest absolute Gasteiger partial charge is 0.352 e.